The molecule has 3 N–H and O–H groups in total. The average Bonchev–Trinajstić information content (AvgIpc) is 2.63. The van der Waals surface area contributed by atoms with Crippen molar-refractivity contribution in [1.82, 2.24) is 0 Å². The van der Waals surface area contributed by atoms with E-state index in [1.807, 2.05) is 12.1 Å². The smallest absolute Gasteiger partial charge is 0.125 e. The van der Waals surface area contributed by atoms with Crippen LogP contribution in [-0.4, -0.2) is 30.5 Å². The highest BCUT2D eigenvalue weighted by molar-refractivity contribution is 5.41. The van der Waals surface area contributed by atoms with Gasteiger partial charge in [0.2, 0.25) is 0 Å². The lowest BCUT2D eigenvalue weighted by Crippen LogP contribution is -2.46. The topological polar surface area (TPSA) is 64.7 Å². The molecule has 0 radical (unpaired) electrons. The number of methoxy groups -OCH3 is 1. The van der Waals surface area contributed by atoms with Crippen molar-refractivity contribution >= 4 is 0 Å². The lowest BCUT2D eigenvalue weighted by atomic mass is 9.75. The maximum Gasteiger partial charge on any atom is 0.125 e. The molecule has 1 aromatic carbocycles. The van der Waals surface area contributed by atoms with Crippen molar-refractivity contribution in [2.75, 3.05) is 13.7 Å². The lowest BCUT2D eigenvalue weighted by molar-refractivity contribution is 0.135. The molecule has 1 aliphatic rings. The minimum absolute atomic E-state index is 0.0426. The molecule has 0 spiro atoms. The Bertz CT molecular complexity index is 585. The Hall–Kier alpha value is -1.26. The number of ether oxygens (including phenoxy) is 2. The van der Waals surface area contributed by atoms with Gasteiger partial charge in [0.15, 0.2) is 0 Å². The third-order valence-electron chi connectivity index (χ3n) is 6.12. The fourth-order valence-corrected chi connectivity index (χ4v) is 4.01. The average molecular weight is 392 g/mol. The van der Waals surface area contributed by atoms with Crippen molar-refractivity contribution in [3.05, 3.63) is 23.8 Å². The van der Waals surface area contributed by atoms with Crippen molar-refractivity contribution in [3.63, 3.8) is 0 Å². The normalized spacial score (nSPS) is 17.8. The number of hydrogen-bond acceptors (Lipinski definition) is 4. The number of aliphatic hydroxyl groups is 1. The quantitative estimate of drug-likeness (QED) is 0.491. The van der Waals surface area contributed by atoms with Crippen molar-refractivity contribution < 1.29 is 14.6 Å². The molecule has 160 valence electrons. The molecule has 0 heterocycles. The predicted molar refractivity (Wildman–Crippen MR) is 116 cm³/mol. The summed E-state index contributed by atoms with van der Waals surface area (Å²) < 4.78 is 11.7. The fourth-order valence-electron chi connectivity index (χ4n) is 4.01. The van der Waals surface area contributed by atoms with E-state index in [4.69, 9.17) is 15.2 Å². The van der Waals surface area contributed by atoms with Crippen molar-refractivity contribution in [2.45, 2.75) is 90.2 Å². The minimum Gasteiger partial charge on any atom is -0.496 e. The first-order valence-corrected chi connectivity index (χ1v) is 11.1. The van der Waals surface area contributed by atoms with Crippen LogP contribution in [0.4, 0.5) is 0 Å². The van der Waals surface area contributed by atoms with Crippen LogP contribution in [0.2, 0.25) is 0 Å². The van der Waals surface area contributed by atoms with Gasteiger partial charge in [-0.05, 0) is 62.5 Å². The first kappa shape index (κ1) is 23.0. The number of benzene rings is 1. The van der Waals surface area contributed by atoms with Crippen LogP contribution in [0, 0.1) is 11.8 Å². The highest BCUT2D eigenvalue weighted by Gasteiger charge is 2.31. The molecule has 1 aromatic rings. The molecule has 1 aliphatic carbocycles. The molecule has 28 heavy (non-hydrogen) atoms. The van der Waals surface area contributed by atoms with Crippen molar-refractivity contribution in [3.8, 4) is 11.5 Å². The molecule has 2 unspecified atom stereocenters. The minimum atomic E-state index is -0.490. The summed E-state index contributed by atoms with van der Waals surface area (Å²) in [6.07, 6.45) is 9.99. The predicted octanol–water partition coefficient (Wildman–Crippen LogP) is 5.10. The van der Waals surface area contributed by atoms with E-state index < -0.39 is 5.54 Å². The van der Waals surface area contributed by atoms with Gasteiger partial charge in [-0.25, -0.2) is 0 Å². The second-order valence-corrected chi connectivity index (χ2v) is 9.25. The summed E-state index contributed by atoms with van der Waals surface area (Å²) in [5, 5.41) is 9.83. The van der Waals surface area contributed by atoms with E-state index in [0.717, 1.165) is 48.7 Å². The Balaban J connectivity index is 1.90. The van der Waals surface area contributed by atoms with Gasteiger partial charge < -0.3 is 20.3 Å². The van der Waals surface area contributed by atoms with Gasteiger partial charge >= 0.3 is 0 Å². The monoisotopic (exact) mass is 391 g/mol. The number of rotatable bonds is 13. The van der Waals surface area contributed by atoms with Gasteiger partial charge in [-0.2, -0.15) is 0 Å². The van der Waals surface area contributed by atoms with E-state index in [2.05, 4.69) is 26.8 Å². The molecule has 0 saturated heterocycles. The molecular formula is C24H41NO3. The number of nitrogens with two attached hydrogens (primary N) is 1. The van der Waals surface area contributed by atoms with Gasteiger partial charge in [0, 0.05) is 11.6 Å². The van der Waals surface area contributed by atoms with Gasteiger partial charge in [-0.15, -0.1) is 0 Å². The summed E-state index contributed by atoms with van der Waals surface area (Å²) in [5.41, 5.74) is 7.13. The summed E-state index contributed by atoms with van der Waals surface area (Å²) in [5.74, 6) is 3.13. The molecule has 0 amide bonds. The van der Waals surface area contributed by atoms with Gasteiger partial charge in [0.05, 0.1) is 19.8 Å². The second-order valence-electron chi connectivity index (χ2n) is 9.25. The molecule has 2 atom stereocenters. The highest BCUT2D eigenvalue weighted by Crippen LogP contribution is 2.35. The largest absolute Gasteiger partial charge is 0.496 e. The fraction of sp³-hybridized carbons (Fsp3) is 0.750. The van der Waals surface area contributed by atoms with Crippen LogP contribution >= 0.6 is 0 Å². The number of aliphatic hydroxyl groups excluding tert-OH is 1. The molecule has 1 fully saturated rings. The van der Waals surface area contributed by atoms with Gasteiger partial charge in [-0.1, -0.05) is 45.6 Å². The van der Waals surface area contributed by atoms with Crippen LogP contribution < -0.4 is 15.2 Å². The summed E-state index contributed by atoms with van der Waals surface area (Å²) in [7, 11) is 1.70. The SMILES string of the molecule is COc1cc(OC(C)CCCC(C)C)ccc1CCC(N)(CO)CC1CCC1. The molecule has 4 nitrogen and oxygen atoms in total. The lowest BCUT2D eigenvalue weighted by Gasteiger charge is -2.36. The van der Waals surface area contributed by atoms with Crippen LogP contribution in [0.5, 0.6) is 11.5 Å². The maximum absolute atomic E-state index is 9.83. The van der Waals surface area contributed by atoms with E-state index in [9.17, 15) is 5.11 Å². The summed E-state index contributed by atoms with van der Waals surface area (Å²) in [4.78, 5) is 0. The van der Waals surface area contributed by atoms with Crippen LogP contribution in [0.1, 0.15) is 77.7 Å². The third kappa shape index (κ3) is 7.29. The summed E-state index contributed by atoms with van der Waals surface area (Å²) >= 11 is 0. The Kier molecular flexibility index (Phi) is 9.10. The maximum atomic E-state index is 9.83. The third-order valence-corrected chi connectivity index (χ3v) is 6.12. The van der Waals surface area contributed by atoms with Crippen LogP contribution in [0.3, 0.4) is 0 Å². The number of aryl methyl sites for hydroxylation is 1. The Labute approximate surface area is 171 Å². The van der Waals surface area contributed by atoms with E-state index in [1.165, 1.54) is 32.1 Å². The summed E-state index contributed by atoms with van der Waals surface area (Å²) in [6, 6.07) is 6.09. The van der Waals surface area contributed by atoms with Gasteiger partial charge in [-0.3, -0.25) is 0 Å². The van der Waals surface area contributed by atoms with Crippen molar-refractivity contribution in [2.24, 2.45) is 17.6 Å². The molecule has 0 aromatic heterocycles. The van der Waals surface area contributed by atoms with Gasteiger partial charge in [0.1, 0.15) is 11.5 Å². The second kappa shape index (κ2) is 11.1. The van der Waals surface area contributed by atoms with Crippen LogP contribution in [0.15, 0.2) is 18.2 Å². The zero-order valence-electron chi connectivity index (χ0n) is 18.4. The first-order chi connectivity index (χ1) is 13.3. The molecule has 2 rings (SSSR count). The zero-order chi connectivity index (χ0) is 20.6. The zero-order valence-corrected chi connectivity index (χ0v) is 18.4. The highest BCUT2D eigenvalue weighted by atomic mass is 16.5. The molecule has 4 heteroatoms. The molecule has 0 bridgehead atoms. The van der Waals surface area contributed by atoms with Crippen LogP contribution in [-0.2, 0) is 6.42 Å². The van der Waals surface area contributed by atoms with E-state index in [-0.39, 0.29) is 12.7 Å². The molecular weight excluding hydrogens is 350 g/mol. The Morgan fingerprint density at radius 3 is 2.54 bits per heavy atom. The van der Waals surface area contributed by atoms with E-state index in [1.54, 1.807) is 7.11 Å². The molecule has 0 aliphatic heterocycles. The van der Waals surface area contributed by atoms with E-state index >= 15 is 0 Å². The van der Waals surface area contributed by atoms with Gasteiger partial charge in [0.25, 0.3) is 0 Å². The first-order valence-electron chi connectivity index (χ1n) is 11.1. The number of hydrogen-bond donors (Lipinski definition) is 2. The molecule has 1 saturated carbocycles. The van der Waals surface area contributed by atoms with E-state index in [0.29, 0.717) is 5.92 Å². The van der Waals surface area contributed by atoms with Crippen LogP contribution in [0.25, 0.3) is 0 Å². The van der Waals surface area contributed by atoms with Crippen molar-refractivity contribution in [1.29, 1.82) is 0 Å². The Morgan fingerprint density at radius 2 is 1.96 bits per heavy atom. The summed E-state index contributed by atoms with van der Waals surface area (Å²) in [6.45, 7) is 6.69. The Morgan fingerprint density at radius 1 is 1.21 bits per heavy atom. The standard InChI is InChI=1S/C24H41NO3/c1-18(2)7-5-8-19(3)28-22-12-11-21(23(15-22)27-4)13-14-24(25,17-26)16-20-9-6-10-20/h11-12,15,18-20,26H,5-10,13-14,16-17,25H2,1-4H3.